The fourth-order valence-electron chi connectivity index (χ4n) is 3.39. The highest BCUT2D eigenvalue weighted by Gasteiger charge is 2.21. The minimum atomic E-state index is 0.217. The van der Waals surface area contributed by atoms with Crippen LogP contribution in [0.1, 0.15) is 19.7 Å². The molecule has 1 fully saturated rings. The molecule has 1 aliphatic rings. The maximum Gasteiger partial charge on any atom is 0.236 e. The second-order valence-corrected chi connectivity index (χ2v) is 6.66. The number of anilines is 1. The van der Waals surface area contributed by atoms with Crippen LogP contribution in [0.25, 0.3) is 10.9 Å². The SMILES string of the molecule is CCN(CC)C(=O)CN1CCN(Cc2nc(N)c3ccccc3n2)CC1. The van der Waals surface area contributed by atoms with Crippen molar-refractivity contribution in [2.75, 3.05) is 51.5 Å². The number of para-hydroxylation sites is 1. The highest BCUT2D eigenvalue weighted by atomic mass is 16.2. The molecule has 1 saturated heterocycles. The summed E-state index contributed by atoms with van der Waals surface area (Å²) in [5, 5.41) is 0.899. The molecule has 1 amide bonds. The molecule has 0 spiro atoms. The number of nitrogen functional groups attached to an aromatic ring is 1. The molecule has 0 radical (unpaired) electrons. The minimum Gasteiger partial charge on any atom is -0.383 e. The van der Waals surface area contributed by atoms with Crippen molar-refractivity contribution in [1.82, 2.24) is 24.7 Å². The van der Waals surface area contributed by atoms with Crippen LogP contribution in [0.3, 0.4) is 0 Å². The van der Waals surface area contributed by atoms with Gasteiger partial charge in [0.2, 0.25) is 5.91 Å². The van der Waals surface area contributed by atoms with Gasteiger partial charge in [0.05, 0.1) is 18.6 Å². The van der Waals surface area contributed by atoms with E-state index in [0.29, 0.717) is 18.9 Å². The number of nitrogens with zero attached hydrogens (tertiary/aromatic N) is 5. The van der Waals surface area contributed by atoms with Crippen LogP contribution in [0.4, 0.5) is 5.82 Å². The third kappa shape index (κ3) is 4.28. The normalized spacial score (nSPS) is 16.1. The van der Waals surface area contributed by atoms with E-state index in [1.165, 1.54) is 0 Å². The van der Waals surface area contributed by atoms with E-state index in [4.69, 9.17) is 5.73 Å². The number of carbonyl (C=O) groups is 1. The fraction of sp³-hybridized carbons (Fsp3) is 0.526. The van der Waals surface area contributed by atoms with Crippen LogP contribution in [-0.4, -0.2) is 76.4 Å². The van der Waals surface area contributed by atoms with Gasteiger partial charge in [0.1, 0.15) is 11.6 Å². The number of carbonyl (C=O) groups excluding carboxylic acids is 1. The fourth-order valence-corrected chi connectivity index (χ4v) is 3.39. The molecule has 3 rings (SSSR count). The quantitative estimate of drug-likeness (QED) is 0.838. The van der Waals surface area contributed by atoms with Crippen LogP contribution in [-0.2, 0) is 11.3 Å². The van der Waals surface area contributed by atoms with E-state index in [9.17, 15) is 4.79 Å². The van der Waals surface area contributed by atoms with Crippen molar-refractivity contribution < 1.29 is 4.79 Å². The summed E-state index contributed by atoms with van der Waals surface area (Å²) >= 11 is 0. The van der Waals surface area contributed by atoms with E-state index < -0.39 is 0 Å². The second-order valence-electron chi connectivity index (χ2n) is 6.66. The molecule has 7 heteroatoms. The molecule has 0 aliphatic carbocycles. The van der Waals surface area contributed by atoms with E-state index in [2.05, 4.69) is 19.8 Å². The number of piperazine rings is 1. The molecule has 140 valence electrons. The Morgan fingerprint density at radius 2 is 1.73 bits per heavy atom. The van der Waals surface area contributed by atoms with Crippen LogP contribution >= 0.6 is 0 Å². The highest BCUT2D eigenvalue weighted by Crippen LogP contribution is 2.18. The van der Waals surface area contributed by atoms with Gasteiger partial charge in [-0.25, -0.2) is 9.97 Å². The first-order valence-corrected chi connectivity index (χ1v) is 9.34. The van der Waals surface area contributed by atoms with Crippen molar-refractivity contribution in [1.29, 1.82) is 0 Å². The summed E-state index contributed by atoms with van der Waals surface area (Å²) in [7, 11) is 0. The second kappa shape index (κ2) is 8.42. The van der Waals surface area contributed by atoms with Crippen LogP contribution in [0, 0.1) is 0 Å². The van der Waals surface area contributed by atoms with E-state index in [-0.39, 0.29) is 5.91 Å². The summed E-state index contributed by atoms with van der Waals surface area (Å²) in [6.45, 7) is 10.4. The van der Waals surface area contributed by atoms with Gasteiger partial charge in [-0.1, -0.05) is 12.1 Å². The Hall–Kier alpha value is -2.25. The molecule has 2 aromatic rings. The molecule has 1 aromatic heterocycles. The molecule has 1 aromatic carbocycles. The van der Waals surface area contributed by atoms with Crippen molar-refractivity contribution >= 4 is 22.6 Å². The van der Waals surface area contributed by atoms with Crippen LogP contribution in [0.2, 0.25) is 0 Å². The maximum atomic E-state index is 12.2. The topological polar surface area (TPSA) is 78.6 Å². The smallest absolute Gasteiger partial charge is 0.236 e. The number of aromatic nitrogens is 2. The molecule has 1 aliphatic heterocycles. The van der Waals surface area contributed by atoms with E-state index in [1.54, 1.807) is 0 Å². The first-order chi connectivity index (χ1) is 12.6. The zero-order chi connectivity index (χ0) is 18.5. The summed E-state index contributed by atoms with van der Waals surface area (Å²) in [6.07, 6.45) is 0. The summed E-state index contributed by atoms with van der Waals surface area (Å²) in [5.74, 6) is 1.51. The largest absolute Gasteiger partial charge is 0.383 e. The summed E-state index contributed by atoms with van der Waals surface area (Å²) in [4.78, 5) is 27.8. The number of hydrogen-bond acceptors (Lipinski definition) is 6. The number of nitrogens with two attached hydrogens (primary N) is 1. The molecule has 0 atom stereocenters. The molecule has 26 heavy (non-hydrogen) atoms. The van der Waals surface area contributed by atoms with Crippen molar-refractivity contribution in [3.8, 4) is 0 Å². The van der Waals surface area contributed by atoms with Crippen molar-refractivity contribution in [2.45, 2.75) is 20.4 Å². The van der Waals surface area contributed by atoms with Gasteiger partial charge in [0, 0.05) is 44.7 Å². The Bertz CT molecular complexity index is 753. The lowest BCUT2D eigenvalue weighted by Gasteiger charge is -2.34. The van der Waals surface area contributed by atoms with E-state index in [1.807, 2.05) is 43.0 Å². The van der Waals surface area contributed by atoms with E-state index in [0.717, 1.165) is 56.0 Å². The predicted molar refractivity (Wildman–Crippen MR) is 104 cm³/mol. The molecular formula is C19H28N6O. The maximum absolute atomic E-state index is 12.2. The van der Waals surface area contributed by atoms with Gasteiger partial charge in [-0.05, 0) is 26.0 Å². The molecule has 7 nitrogen and oxygen atoms in total. The van der Waals surface area contributed by atoms with Gasteiger partial charge in [0.15, 0.2) is 0 Å². The zero-order valence-electron chi connectivity index (χ0n) is 15.7. The summed E-state index contributed by atoms with van der Waals surface area (Å²) in [5.41, 5.74) is 6.96. The molecule has 0 unspecified atom stereocenters. The number of hydrogen-bond donors (Lipinski definition) is 1. The molecule has 2 heterocycles. The van der Waals surface area contributed by atoms with Crippen LogP contribution in [0.5, 0.6) is 0 Å². The minimum absolute atomic E-state index is 0.217. The first kappa shape index (κ1) is 18.5. The van der Waals surface area contributed by atoms with Crippen LogP contribution in [0.15, 0.2) is 24.3 Å². The predicted octanol–water partition coefficient (Wildman–Crippen LogP) is 1.20. The summed E-state index contributed by atoms with van der Waals surface area (Å²) in [6, 6.07) is 7.82. The Morgan fingerprint density at radius 1 is 1.08 bits per heavy atom. The Labute approximate surface area is 154 Å². The standard InChI is InChI=1S/C19H28N6O/c1-3-25(4-2)18(26)14-24-11-9-23(10-12-24)13-17-21-16-8-6-5-7-15(16)19(20)22-17/h5-8H,3-4,9-14H2,1-2H3,(H2,20,21,22). The number of rotatable bonds is 6. The number of amides is 1. The van der Waals surface area contributed by atoms with Gasteiger partial charge >= 0.3 is 0 Å². The molecule has 2 N–H and O–H groups in total. The average molecular weight is 356 g/mol. The van der Waals surface area contributed by atoms with Gasteiger partial charge in [0.25, 0.3) is 0 Å². The van der Waals surface area contributed by atoms with Gasteiger partial charge in [-0.3, -0.25) is 14.6 Å². The van der Waals surface area contributed by atoms with E-state index >= 15 is 0 Å². The van der Waals surface area contributed by atoms with Crippen molar-refractivity contribution in [2.24, 2.45) is 0 Å². The Kier molecular flexibility index (Phi) is 6.00. The monoisotopic (exact) mass is 356 g/mol. The third-order valence-corrected chi connectivity index (χ3v) is 4.98. The Morgan fingerprint density at radius 3 is 2.42 bits per heavy atom. The lowest BCUT2D eigenvalue weighted by Crippen LogP contribution is -2.49. The molecule has 0 saturated carbocycles. The van der Waals surface area contributed by atoms with Gasteiger partial charge < -0.3 is 10.6 Å². The highest BCUT2D eigenvalue weighted by molar-refractivity contribution is 5.87. The van der Waals surface area contributed by atoms with Crippen molar-refractivity contribution in [3.05, 3.63) is 30.1 Å². The van der Waals surface area contributed by atoms with Crippen molar-refractivity contribution in [3.63, 3.8) is 0 Å². The third-order valence-electron chi connectivity index (χ3n) is 4.98. The Balaban J connectivity index is 1.55. The average Bonchev–Trinajstić information content (AvgIpc) is 2.64. The molecular weight excluding hydrogens is 328 g/mol. The number of likely N-dealkylation sites (N-methyl/N-ethyl adjacent to an activating group) is 1. The lowest BCUT2D eigenvalue weighted by molar-refractivity contribution is -0.132. The summed E-state index contributed by atoms with van der Waals surface area (Å²) < 4.78 is 0. The number of fused-ring (bicyclic) bond motifs is 1. The zero-order valence-corrected chi connectivity index (χ0v) is 15.7. The first-order valence-electron chi connectivity index (χ1n) is 9.34. The van der Waals surface area contributed by atoms with Gasteiger partial charge in [-0.2, -0.15) is 0 Å². The molecule has 0 bridgehead atoms. The number of benzene rings is 1. The lowest BCUT2D eigenvalue weighted by atomic mass is 10.2. The van der Waals surface area contributed by atoms with Gasteiger partial charge in [-0.15, -0.1) is 0 Å². The van der Waals surface area contributed by atoms with Crippen LogP contribution < -0.4 is 5.73 Å².